The molecule has 0 unspecified atom stereocenters. The molecule has 0 aromatic heterocycles. The third kappa shape index (κ3) is 3.44. The predicted octanol–water partition coefficient (Wildman–Crippen LogP) is 0.842. The van der Waals surface area contributed by atoms with Crippen LogP contribution in [0, 0.1) is 10.1 Å². The maximum Gasteiger partial charge on any atom is 0.293 e. The largest absolute Gasteiger partial charge is 0.409 e. The van der Waals surface area contributed by atoms with Crippen LogP contribution in [0.1, 0.15) is 12.5 Å². The lowest BCUT2D eigenvalue weighted by molar-refractivity contribution is -0.384. The first-order valence-electron chi connectivity index (χ1n) is 4.95. The number of amidine groups is 1. The van der Waals surface area contributed by atoms with E-state index in [0.29, 0.717) is 5.56 Å². The minimum absolute atomic E-state index is 0.0587. The molecule has 0 spiro atoms. The van der Waals surface area contributed by atoms with Crippen LogP contribution in [0.2, 0.25) is 0 Å². The normalized spacial score (nSPS) is 11.1. The van der Waals surface area contributed by atoms with Gasteiger partial charge in [0.05, 0.1) is 4.92 Å². The molecule has 1 amide bonds. The molecular formula is C10H12N4O4. The second kappa shape index (κ2) is 5.62. The van der Waals surface area contributed by atoms with Gasteiger partial charge in [0, 0.05) is 19.4 Å². The number of nitro groups is 1. The van der Waals surface area contributed by atoms with Crippen LogP contribution in [0.5, 0.6) is 0 Å². The number of nitrogens with one attached hydrogen (secondary N) is 1. The number of carbonyl (C=O) groups is 1. The average Bonchev–Trinajstić information content (AvgIpc) is 2.30. The third-order valence-corrected chi connectivity index (χ3v) is 2.08. The van der Waals surface area contributed by atoms with Crippen LogP contribution in [0.25, 0.3) is 0 Å². The van der Waals surface area contributed by atoms with E-state index in [1.165, 1.54) is 19.1 Å². The average molecular weight is 252 g/mol. The van der Waals surface area contributed by atoms with Crippen LogP contribution < -0.4 is 11.1 Å². The van der Waals surface area contributed by atoms with Gasteiger partial charge in [-0.2, -0.15) is 0 Å². The number of oxime groups is 1. The molecule has 1 rings (SSSR count). The van der Waals surface area contributed by atoms with Crippen molar-refractivity contribution in [1.29, 1.82) is 0 Å². The number of nitrogens with zero attached hydrogens (tertiary/aromatic N) is 2. The number of benzene rings is 1. The van der Waals surface area contributed by atoms with E-state index >= 15 is 0 Å². The lowest BCUT2D eigenvalue weighted by Gasteiger charge is -2.05. The Kier molecular flexibility index (Phi) is 4.19. The van der Waals surface area contributed by atoms with Crippen molar-refractivity contribution in [3.05, 3.63) is 33.9 Å². The number of nitrogens with two attached hydrogens (primary N) is 1. The van der Waals surface area contributed by atoms with Gasteiger partial charge in [-0.15, -0.1) is 0 Å². The van der Waals surface area contributed by atoms with Crippen molar-refractivity contribution in [2.75, 3.05) is 5.32 Å². The zero-order chi connectivity index (χ0) is 13.7. The van der Waals surface area contributed by atoms with Gasteiger partial charge in [-0.25, -0.2) is 0 Å². The molecule has 0 aliphatic rings. The number of anilines is 1. The van der Waals surface area contributed by atoms with Crippen molar-refractivity contribution >= 4 is 23.1 Å². The fourth-order valence-corrected chi connectivity index (χ4v) is 1.38. The Hall–Kier alpha value is -2.64. The highest BCUT2D eigenvalue weighted by atomic mass is 16.6. The summed E-state index contributed by atoms with van der Waals surface area (Å²) in [5.41, 5.74) is 5.68. The van der Waals surface area contributed by atoms with E-state index in [2.05, 4.69) is 10.5 Å². The second-order valence-corrected chi connectivity index (χ2v) is 3.56. The molecule has 96 valence electrons. The fraction of sp³-hybridized carbons (Fsp3) is 0.200. The molecule has 18 heavy (non-hydrogen) atoms. The molecule has 0 radical (unpaired) electrons. The van der Waals surface area contributed by atoms with Crippen molar-refractivity contribution in [2.45, 2.75) is 13.3 Å². The molecule has 0 aliphatic heterocycles. The van der Waals surface area contributed by atoms with E-state index in [-0.39, 0.29) is 23.6 Å². The molecule has 0 bridgehead atoms. The van der Waals surface area contributed by atoms with Crippen LogP contribution in [0.15, 0.2) is 23.4 Å². The minimum atomic E-state index is -0.610. The summed E-state index contributed by atoms with van der Waals surface area (Å²) in [5.74, 6) is -0.459. The van der Waals surface area contributed by atoms with E-state index in [1.54, 1.807) is 6.07 Å². The highest BCUT2D eigenvalue weighted by Gasteiger charge is 2.15. The number of hydrogen-bond donors (Lipinski definition) is 3. The molecule has 1 aromatic carbocycles. The fourth-order valence-electron chi connectivity index (χ4n) is 1.38. The highest BCUT2D eigenvalue weighted by Crippen LogP contribution is 2.25. The molecule has 1 aromatic rings. The van der Waals surface area contributed by atoms with Gasteiger partial charge in [0.1, 0.15) is 11.5 Å². The van der Waals surface area contributed by atoms with Crippen LogP contribution in [0.3, 0.4) is 0 Å². The molecular weight excluding hydrogens is 240 g/mol. The Morgan fingerprint density at radius 1 is 1.61 bits per heavy atom. The smallest absolute Gasteiger partial charge is 0.293 e. The maximum atomic E-state index is 10.9. The molecule has 8 heteroatoms. The lowest BCUT2D eigenvalue weighted by Crippen LogP contribution is -2.15. The molecule has 0 fully saturated rings. The van der Waals surface area contributed by atoms with E-state index in [4.69, 9.17) is 10.9 Å². The zero-order valence-electron chi connectivity index (χ0n) is 9.58. The number of rotatable bonds is 4. The first kappa shape index (κ1) is 13.4. The Morgan fingerprint density at radius 3 is 2.78 bits per heavy atom. The Balaban J connectivity index is 3.10. The standard InChI is InChI=1S/C10H12N4O4/c1-6(15)12-8-3-2-7(5-10(11)13-16)4-9(8)14(17)18/h2-4,16H,5H2,1H3,(H2,11,13)(H,12,15). The summed E-state index contributed by atoms with van der Waals surface area (Å²) >= 11 is 0. The summed E-state index contributed by atoms with van der Waals surface area (Å²) in [5, 5.41) is 24.4. The summed E-state index contributed by atoms with van der Waals surface area (Å²) in [6, 6.07) is 4.22. The lowest BCUT2D eigenvalue weighted by atomic mass is 10.1. The van der Waals surface area contributed by atoms with Crippen molar-refractivity contribution in [3.8, 4) is 0 Å². The predicted molar refractivity (Wildman–Crippen MR) is 64.5 cm³/mol. The van der Waals surface area contributed by atoms with Crippen molar-refractivity contribution in [3.63, 3.8) is 0 Å². The first-order chi connectivity index (χ1) is 8.43. The highest BCUT2D eigenvalue weighted by molar-refractivity contribution is 5.91. The van der Waals surface area contributed by atoms with Gasteiger partial charge in [0.2, 0.25) is 5.91 Å². The quantitative estimate of drug-likeness (QED) is 0.240. The third-order valence-electron chi connectivity index (χ3n) is 2.08. The van der Waals surface area contributed by atoms with Gasteiger partial charge < -0.3 is 16.3 Å². The first-order valence-corrected chi connectivity index (χ1v) is 4.95. The van der Waals surface area contributed by atoms with E-state index in [9.17, 15) is 14.9 Å². The van der Waals surface area contributed by atoms with Crippen molar-refractivity contribution in [1.82, 2.24) is 0 Å². The molecule has 0 aliphatic carbocycles. The summed E-state index contributed by atoms with van der Waals surface area (Å²) < 4.78 is 0. The summed E-state index contributed by atoms with van der Waals surface area (Å²) in [6.07, 6.45) is 0.0810. The molecule has 8 nitrogen and oxygen atoms in total. The second-order valence-electron chi connectivity index (χ2n) is 3.56. The van der Waals surface area contributed by atoms with Crippen LogP contribution in [-0.2, 0) is 11.2 Å². The monoisotopic (exact) mass is 252 g/mol. The Morgan fingerprint density at radius 2 is 2.28 bits per heavy atom. The van der Waals surface area contributed by atoms with Crippen molar-refractivity contribution in [2.24, 2.45) is 10.9 Å². The van der Waals surface area contributed by atoms with E-state index in [0.717, 1.165) is 0 Å². The maximum absolute atomic E-state index is 10.9. The summed E-state index contributed by atoms with van der Waals surface area (Å²) in [4.78, 5) is 21.1. The topological polar surface area (TPSA) is 131 Å². The molecule has 4 N–H and O–H groups in total. The molecule has 0 saturated heterocycles. The number of carbonyl (C=O) groups excluding carboxylic acids is 1. The zero-order valence-corrected chi connectivity index (χ0v) is 9.58. The van der Waals surface area contributed by atoms with Gasteiger partial charge >= 0.3 is 0 Å². The SMILES string of the molecule is CC(=O)Nc1ccc(CC(N)=NO)cc1[N+](=O)[O-]. The van der Waals surface area contributed by atoms with Crippen LogP contribution in [-0.4, -0.2) is 21.9 Å². The number of hydrogen-bond acceptors (Lipinski definition) is 5. The number of amides is 1. The van der Waals surface area contributed by atoms with E-state index < -0.39 is 10.8 Å². The van der Waals surface area contributed by atoms with E-state index in [1.807, 2.05) is 0 Å². The molecule has 0 heterocycles. The van der Waals surface area contributed by atoms with Gasteiger partial charge in [-0.3, -0.25) is 14.9 Å². The molecule has 0 saturated carbocycles. The van der Waals surface area contributed by atoms with Gasteiger partial charge in [0.15, 0.2) is 0 Å². The van der Waals surface area contributed by atoms with Gasteiger partial charge in [0.25, 0.3) is 5.69 Å². The summed E-state index contributed by atoms with van der Waals surface area (Å²) in [6.45, 7) is 1.26. The van der Waals surface area contributed by atoms with Crippen molar-refractivity contribution < 1.29 is 14.9 Å². The van der Waals surface area contributed by atoms with Crippen LogP contribution in [0.4, 0.5) is 11.4 Å². The summed E-state index contributed by atoms with van der Waals surface area (Å²) in [7, 11) is 0. The van der Waals surface area contributed by atoms with Gasteiger partial charge in [-0.05, 0) is 11.6 Å². The number of nitro benzene ring substituents is 1. The van der Waals surface area contributed by atoms with Crippen LogP contribution >= 0.6 is 0 Å². The molecule has 0 atom stereocenters. The van der Waals surface area contributed by atoms with Gasteiger partial charge in [-0.1, -0.05) is 11.2 Å². The minimum Gasteiger partial charge on any atom is -0.409 e. The Bertz CT molecular complexity index is 513. The Labute approximate surface area is 102 Å².